The standard InChI is InChI=1S/C12H13BrN4O/c1-18-7-12-16-10(14)6-11(17-12)15-9-4-2-8(13)3-5-9/h2-6H,7H2,1H3,(H3,14,15,16,17). The number of benzene rings is 1. The highest BCUT2D eigenvalue weighted by Crippen LogP contribution is 2.19. The highest BCUT2D eigenvalue weighted by atomic mass is 79.9. The summed E-state index contributed by atoms with van der Waals surface area (Å²) in [5.41, 5.74) is 6.64. The summed E-state index contributed by atoms with van der Waals surface area (Å²) in [5, 5.41) is 3.16. The first kappa shape index (κ1) is 12.8. The number of rotatable bonds is 4. The molecule has 0 saturated heterocycles. The molecular formula is C12H13BrN4O. The molecule has 0 aliphatic carbocycles. The van der Waals surface area contributed by atoms with Gasteiger partial charge in [0.15, 0.2) is 5.82 Å². The lowest BCUT2D eigenvalue weighted by Crippen LogP contribution is -2.04. The van der Waals surface area contributed by atoms with E-state index in [9.17, 15) is 0 Å². The van der Waals surface area contributed by atoms with Crippen LogP contribution in [-0.4, -0.2) is 17.1 Å². The number of nitrogens with two attached hydrogens (primary N) is 1. The van der Waals surface area contributed by atoms with Crippen molar-refractivity contribution in [2.75, 3.05) is 18.2 Å². The first-order valence-corrected chi connectivity index (χ1v) is 6.11. The van der Waals surface area contributed by atoms with Crippen LogP contribution in [0.4, 0.5) is 17.3 Å². The van der Waals surface area contributed by atoms with Crippen LogP contribution in [0.1, 0.15) is 5.82 Å². The third-order valence-electron chi connectivity index (χ3n) is 2.18. The molecule has 1 heterocycles. The van der Waals surface area contributed by atoms with Crippen LogP contribution < -0.4 is 11.1 Å². The summed E-state index contributed by atoms with van der Waals surface area (Å²) >= 11 is 3.38. The van der Waals surface area contributed by atoms with Gasteiger partial charge < -0.3 is 15.8 Å². The molecule has 0 spiro atoms. The number of hydrogen-bond acceptors (Lipinski definition) is 5. The van der Waals surface area contributed by atoms with Crippen LogP contribution >= 0.6 is 15.9 Å². The average Bonchev–Trinajstić information content (AvgIpc) is 2.32. The summed E-state index contributed by atoms with van der Waals surface area (Å²) in [4.78, 5) is 8.38. The van der Waals surface area contributed by atoms with Gasteiger partial charge in [-0.25, -0.2) is 9.97 Å². The highest BCUT2D eigenvalue weighted by Gasteiger charge is 2.03. The van der Waals surface area contributed by atoms with Gasteiger partial charge in [0.25, 0.3) is 0 Å². The number of ether oxygens (including phenoxy) is 1. The van der Waals surface area contributed by atoms with E-state index < -0.39 is 0 Å². The molecule has 0 aliphatic heterocycles. The summed E-state index contributed by atoms with van der Waals surface area (Å²) in [6, 6.07) is 9.46. The second-order valence-corrected chi connectivity index (χ2v) is 4.57. The molecule has 0 radical (unpaired) electrons. The fourth-order valence-electron chi connectivity index (χ4n) is 1.46. The van der Waals surface area contributed by atoms with Crippen molar-refractivity contribution in [3.8, 4) is 0 Å². The molecule has 2 rings (SSSR count). The minimum atomic E-state index is 0.333. The maximum Gasteiger partial charge on any atom is 0.158 e. The molecule has 0 amide bonds. The maximum absolute atomic E-state index is 5.71. The van der Waals surface area contributed by atoms with E-state index in [2.05, 4.69) is 31.2 Å². The Morgan fingerprint density at radius 1 is 1.28 bits per heavy atom. The van der Waals surface area contributed by atoms with Gasteiger partial charge in [0, 0.05) is 23.3 Å². The zero-order chi connectivity index (χ0) is 13.0. The maximum atomic E-state index is 5.71. The van der Waals surface area contributed by atoms with Gasteiger partial charge in [-0.3, -0.25) is 0 Å². The van der Waals surface area contributed by atoms with Gasteiger partial charge in [0.05, 0.1) is 0 Å². The lowest BCUT2D eigenvalue weighted by molar-refractivity contribution is 0.178. The molecular weight excluding hydrogens is 296 g/mol. The summed E-state index contributed by atoms with van der Waals surface area (Å²) in [5.74, 6) is 1.62. The molecule has 0 bridgehead atoms. The van der Waals surface area contributed by atoms with E-state index in [0.29, 0.717) is 24.1 Å². The van der Waals surface area contributed by atoms with Crippen molar-refractivity contribution in [2.45, 2.75) is 6.61 Å². The molecule has 0 fully saturated rings. The molecule has 0 saturated carbocycles. The van der Waals surface area contributed by atoms with Gasteiger partial charge >= 0.3 is 0 Å². The summed E-state index contributed by atoms with van der Waals surface area (Å²) in [7, 11) is 1.59. The van der Waals surface area contributed by atoms with E-state index >= 15 is 0 Å². The van der Waals surface area contributed by atoms with Crippen molar-refractivity contribution in [2.24, 2.45) is 0 Å². The van der Waals surface area contributed by atoms with E-state index in [4.69, 9.17) is 10.5 Å². The van der Waals surface area contributed by atoms with E-state index in [1.165, 1.54) is 0 Å². The Morgan fingerprint density at radius 2 is 2.00 bits per heavy atom. The predicted octanol–water partition coefficient (Wildman–Crippen LogP) is 2.71. The Labute approximate surface area is 114 Å². The SMILES string of the molecule is COCc1nc(N)cc(Nc2ccc(Br)cc2)n1. The molecule has 5 nitrogen and oxygen atoms in total. The molecule has 94 valence electrons. The molecule has 0 atom stereocenters. The molecule has 0 aliphatic rings. The summed E-state index contributed by atoms with van der Waals surface area (Å²) in [6.45, 7) is 0.333. The number of halogens is 1. The number of hydrogen-bond donors (Lipinski definition) is 2. The van der Waals surface area contributed by atoms with Crippen LogP contribution in [0.25, 0.3) is 0 Å². The van der Waals surface area contributed by atoms with Gasteiger partial charge in [-0.15, -0.1) is 0 Å². The number of nitrogens with one attached hydrogen (secondary N) is 1. The van der Waals surface area contributed by atoms with Crippen LogP contribution in [0.5, 0.6) is 0 Å². The van der Waals surface area contributed by atoms with E-state index in [1.807, 2.05) is 24.3 Å². The largest absolute Gasteiger partial charge is 0.384 e. The predicted molar refractivity (Wildman–Crippen MR) is 74.6 cm³/mol. The number of anilines is 3. The minimum absolute atomic E-state index is 0.333. The first-order valence-electron chi connectivity index (χ1n) is 5.32. The average molecular weight is 309 g/mol. The van der Waals surface area contributed by atoms with E-state index in [0.717, 1.165) is 10.2 Å². The Morgan fingerprint density at radius 3 is 2.67 bits per heavy atom. The number of aromatic nitrogens is 2. The molecule has 1 aromatic carbocycles. The van der Waals surface area contributed by atoms with Crippen LogP contribution in [0, 0.1) is 0 Å². The second-order valence-electron chi connectivity index (χ2n) is 3.66. The Balaban J connectivity index is 2.20. The van der Waals surface area contributed by atoms with Crippen molar-refractivity contribution in [3.05, 3.63) is 40.6 Å². The fraction of sp³-hybridized carbons (Fsp3) is 0.167. The fourth-order valence-corrected chi connectivity index (χ4v) is 1.72. The zero-order valence-electron chi connectivity index (χ0n) is 9.85. The Hall–Kier alpha value is -1.66. The zero-order valence-corrected chi connectivity index (χ0v) is 11.4. The lowest BCUT2D eigenvalue weighted by Gasteiger charge is -2.08. The quantitative estimate of drug-likeness (QED) is 0.908. The van der Waals surface area contributed by atoms with Crippen molar-refractivity contribution < 1.29 is 4.74 Å². The number of nitrogens with zero attached hydrogens (tertiary/aromatic N) is 2. The first-order chi connectivity index (χ1) is 8.67. The summed E-state index contributed by atoms with van der Waals surface area (Å²) < 4.78 is 6.01. The highest BCUT2D eigenvalue weighted by molar-refractivity contribution is 9.10. The van der Waals surface area contributed by atoms with Gasteiger partial charge in [0.2, 0.25) is 0 Å². The summed E-state index contributed by atoms with van der Waals surface area (Å²) in [6.07, 6.45) is 0. The topological polar surface area (TPSA) is 73.1 Å². The normalized spacial score (nSPS) is 10.3. The minimum Gasteiger partial charge on any atom is -0.384 e. The molecule has 3 N–H and O–H groups in total. The molecule has 2 aromatic rings. The van der Waals surface area contributed by atoms with Crippen LogP contribution in [0.2, 0.25) is 0 Å². The third kappa shape index (κ3) is 3.41. The molecule has 18 heavy (non-hydrogen) atoms. The molecule has 0 unspecified atom stereocenters. The van der Waals surface area contributed by atoms with Gasteiger partial charge in [-0.1, -0.05) is 15.9 Å². The Kier molecular flexibility index (Phi) is 4.11. The number of nitrogen functional groups attached to an aromatic ring is 1. The van der Waals surface area contributed by atoms with Gasteiger partial charge in [0.1, 0.15) is 18.2 Å². The van der Waals surface area contributed by atoms with Crippen molar-refractivity contribution in [3.63, 3.8) is 0 Å². The van der Waals surface area contributed by atoms with Crippen LogP contribution in [0.3, 0.4) is 0 Å². The molecule has 6 heteroatoms. The van der Waals surface area contributed by atoms with Crippen LogP contribution in [0.15, 0.2) is 34.8 Å². The van der Waals surface area contributed by atoms with Crippen molar-refractivity contribution in [1.82, 2.24) is 9.97 Å². The van der Waals surface area contributed by atoms with Crippen molar-refractivity contribution >= 4 is 33.3 Å². The Bertz CT molecular complexity index is 530. The van der Waals surface area contributed by atoms with Crippen LogP contribution in [-0.2, 0) is 11.3 Å². The molecule has 1 aromatic heterocycles. The smallest absolute Gasteiger partial charge is 0.158 e. The van der Waals surface area contributed by atoms with Gasteiger partial charge in [-0.2, -0.15) is 0 Å². The monoisotopic (exact) mass is 308 g/mol. The third-order valence-corrected chi connectivity index (χ3v) is 2.71. The number of methoxy groups -OCH3 is 1. The lowest BCUT2D eigenvalue weighted by atomic mass is 10.3. The van der Waals surface area contributed by atoms with Crippen molar-refractivity contribution in [1.29, 1.82) is 0 Å². The van der Waals surface area contributed by atoms with Gasteiger partial charge in [-0.05, 0) is 24.3 Å². The van der Waals surface area contributed by atoms with E-state index in [1.54, 1.807) is 13.2 Å². The second kappa shape index (κ2) is 5.79. The van der Waals surface area contributed by atoms with E-state index in [-0.39, 0.29) is 0 Å².